The first kappa shape index (κ1) is 17.9. The van der Waals surface area contributed by atoms with Gasteiger partial charge in [-0.3, -0.25) is 0 Å². The number of ether oxygens (including phenoxy) is 1. The third-order valence-corrected chi connectivity index (χ3v) is 5.19. The molecule has 0 aromatic carbocycles. The van der Waals surface area contributed by atoms with Crippen molar-refractivity contribution in [1.82, 2.24) is 14.9 Å². The second-order valence-corrected chi connectivity index (χ2v) is 7.09. The van der Waals surface area contributed by atoms with Gasteiger partial charge in [-0.2, -0.15) is 0 Å². The molecule has 136 valence electrons. The lowest BCUT2D eigenvalue weighted by Gasteiger charge is -2.33. The maximum absolute atomic E-state index is 11.1. The van der Waals surface area contributed by atoms with Gasteiger partial charge in [0.05, 0.1) is 12.4 Å². The van der Waals surface area contributed by atoms with Crippen molar-refractivity contribution in [2.24, 2.45) is 5.92 Å². The van der Waals surface area contributed by atoms with Gasteiger partial charge in [0, 0.05) is 18.7 Å². The smallest absolute Gasteiger partial charge is 0.336 e. The van der Waals surface area contributed by atoms with Crippen molar-refractivity contribution in [1.29, 1.82) is 0 Å². The minimum absolute atomic E-state index is 0.192. The van der Waals surface area contributed by atoms with E-state index in [1.165, 1.54) is 57.8 Å². The average Bonchev–Trinajstić information content (AvgIpc) is 3.15. The normalized spacial score (nSPS) is 21.8. The fourth-order valence-electron chi connectivity index (χ4n) is 3.84. The standard InChI is InChI=1S/C19H28N4O2/c1-2-19(24)25-18-13-20-17(12-21-18)22-16-8-5-10-23(14-16)11-9-15-6-3-4-7-15/h2,12-13,15-16H,1,3-11,14H2,(H,20,22)/t16-/m1/s1. The summed E-state index contributed by atoms with van der Waals surface area (Å²) < 4.78 is 4.94. The summed E-state index contributed by atoms with van der Waals surface area (Å²) in [5, 5.41) is 3.46. The number of hydrogen-bond donors (Lipinski definition) is 1. The van der Waals surface area contributed by atoms with Crippen LogP contribution in [0.2, 0.25) is 0 Å². The van der Waals surface area contributed by atoms with E-state index >= 15 is 0 Å². The topological polar surface area (TPSA) is 67.3 Å². The highest BCUT2D eigenvalue weighted by Gasteiger charge is 2.22. The maximum Gasteiger partial charge on any atom is 0.336 e. The van der Waals surface area contributed by atoms with Crippen LogP contribution in [0.5, 0.6) is 5.88 Å². The molecule has 3 rings (SSSR count). The van der Waals surface area contributed by atoms with Crippen molar-refractivity contribution < 1.29 is 9.53 Å². The van der Waals surface area contributed by atoms with Crippen molar-refractivity contribution in [2.75, 3.05) is 25.0 Å². The number of likely N-dealkylation sites (tertiary alicyclic amines) is 1. The zero-order valence-corrected chi connectivity index (χ0v) is 14.8. The Morgan fingerprint density at radius 3 is 2.84 bits per heavy atom. The minimum Gasteiger partial charge on any atom is -0.403 e. The summed E-state index contributed by atoms with van der Waals surface area (Å²) >= 11 is 0. The number of carbonyl (C=O) groups excluding carboxylic acids is 1. The van der Waals surface area contributed by atoms with Crippen LogP contribution in [0.1, 0.15) is 44.9 Å². The number of nitrogens with zero attached hydrogens (tertiary/aromatic N) is 3. The summed E-state index contributed by atoms with van der Waals surface area (Å²) in [6.45, 7) is 6.83. The molecular formula is C19H28N4O2. The molecule has 0 amide bonds. The molecule has 1 aliphatic heterocycles. The van der Waals surface area contributed by atoms with Crippen LogP contribution < -0.4 is 10.1 Å². The van der Waals surface area contributed by atoms with Crippen molar-refractivity contribution in [3.63, 3.8) is 0 Å². The van der Waals surface area contributed by atoms with Gasteiger partial charge in [-0.15, -0.1) is 0 Å². The molecule has 6 nitrogen and oxygen atoms in total. The maximum atomic E-state index is 11.1. The number of hydrogen-bond acceptors (Lipinski definition) is 6. The van der Waals surface area contributed by atoms with Gasteiger partial charge in [0.25, 0.3) is 0 Å². The molecule has 25 heavy (non-hydrogen) atoms. The van der Waals surface area contributed by atoms with Crippen molar-refractivity contribution in [2.45, 2.75) is 51.0 Å². The molecule has 2 heterocycles. The van der Waals surface area contributed by atoms with E-state index < -0.39 is 5.97 Å². The summed E-state index contributed by atoms with van der Waals surface area (Å²) in [5.74, 6) is 1.34. The Morgan fingerprint density at radius 2 is 2.12 bits per heavy atom. The number of rotatable bonds is 7. The summed E-state index contributed by atoms with van der Waals surface area (Å²) in [6, 6.07) is 0.396. The molecule has 2 aliphatic rings. The van der Waals surface area contributed by atoms with Gasteiger partial charge in [0.2, 0.25) is 5.88 Å². The van der Waals surface area contributed by atoms with Crippen LogP contribution >= 0.6 is 0 Å². The first-order valence-corrected chi connectivity index (χ1v) is 9.38. The first-order chi connectivity index (χ1) is 12.2. The van der Waals surface area contributed by atoms with Crippen LogP contribution in [-0.4, -0.2) is 46.5 Å². The van der Waals surface area contributed by atoms with Gasteiger partial charge in [-0.25, -0.2) is 14.8 Å². The van der Waals surface area contributed by atoms with E-state index in [0.717, 1.165) is 30.8 Å². The van der Waals surface area contributed by atoms with E-state index in [4.69, 9.17) is 4.74 Å². The van der Waals surface area contributed by atoms with E-state index in [9.17, 15) is 4.79 Å². The number of carbonyl (C=O) groups is 1. The van der Waals surface area contributed by atoms with Gasteiger partial charge in [0.15, 0.2) is 0 Å². The summed E-state index contributed by atoms with van der Waals surface area (Å²) in [6.07, 6.45) is 13.6. The lowest BCUT2D eigenvalue weighted by Crippen LogP contribution is -2.42. The molecule has 2 fully saturated rings. The molecule has 0 spiro atoms. The fourth-order valence-corrected chi connectivity index (χ4v) is 3.84. The van der Waals surface area contributed by atoms with E-state index in [1.54, 1.807) is 6.20 Å². The quantitative estimate of drug-likeness (QED) is 0.606. The van der Waals surface area contributed by atoms with Gasteiger partial charge in [0.1, 0.15) is 5.82 Å². The molecule has 0 bridgehead atoms. The Balaban J connectivity index is 1.45. The van der Waals surface area contributed by atoms with E-state index in [-0.39, 0.29) is 5.88 Å². The first-order valence-electron chi connectivity index (χ1n) is 9.38. The van der Waals surface area contributed by atoms with Gasteiger partial charge in [-0.05, 0) is 38.3 Å². The van der Waals surface area contributed by atoms with E-state index in [0.29, 0.717) is 6.04 Å². The van der Waals surface area contributed by atoms with Crippen LogP contribution in [0, 0.1) is 5.92 Å². The number of aromatic nitrogens is 2. The van der Waals surface area contributed by atoms with Crippen LogP contribution in [0.15, 0.2) is 25.0 Å². The third kappa shape index (κ3) is 5.53. The van der Waals surface area contributed by atoms with Gasteiger partial charge in [-0.1, -0.05) is 32.3 Å². The second kappa shape index (κ2) is 8.94. The molecule has 1 N–H and O–H groups in total. The summed E-state index contributed by atoms with van der Waals surface area (Å²) in [7, 11) is 0. The molecule has 6 heteroatoms. The Labute approximate surface area is 149 Å². The second-order valence-electron chi connectivity index (χ2n) is 7.09. The monoisotopic (exact) mass is 344 g/mol. The molecular weight excluding hydrogens is 316 g/mol. The molecule has 1 saturated carbocycles. The SMILES string of the molecule is C=CC(=O)Oc1cnc(N[C@@H]2CCCN(CCC3CCCC3)C2)cn1. The molecule has 1 saturated heterocycles. The van der Waals surface area contributed by atoms with Gasteiger partial charge >= 0.3 is 5.97 Å². The van der Waals surface area contributed by atoms with Crippen LogP contribution in [0.3, 0.4) is 0 Å². The third-order valence-electron chi connectivity index (χ3n) is 5.19. The Bertz CT molecular complexity index is 569. The Hall–Kier alpha value is -1.95. The number of nitrogens with one attached hydrogen (secondary N) is 1. The van der Waals surface area contributed by atoms with Gasteiger partial charge < -0.3 is 15.0 Å². The largest absolute Gasteiger partial charge is 0.403 e. The number of piperidine rings is 1. The number of esters is 1. The minimum atomic E-state index is -0.528. The van der Waals surface area contributed by atoms with E-state index in [2.05, 4.69) is 26.8 Å². The predicted octanol–water partition coefficient (Wildman–Crippen LogP) is 3.02. The highest BCUT2D eigenvalue weighted by atomic mass is 16.5. The van der Waals surface area contributed by atoms with Crippen LogP contribution in [0.25, 0.3) is 0 Å². The van der Waals surface area contributed by atoms with Crippen molar-refractivity contribution >= 4 is 11.8 Å². The summed E-state index contributed by atoms with van der Waals surface area (Å²) in [4.78, 5) is 22.1. The molecule has 0 radical (unpaired) electrons. The van der Waals surface area contributed by atoms with E-state index in [1.807, 2.05) is 0 Å². The van der Waals surface area contributed by atoms with Crippen molar-refractivity contribution in [3.8, 4) is 5.88 Å². The Kier molecular flexibility index (Phi) is 6.39. The zero-order chi connectivity index (χ0) is 17.5. The lowest BCUT2D eigenvalue weighted by atomic mass is 10.0. The van der Waals surface area contributed by atoms with Crippen LogP contribution in [0.4, 0.5) is 5.82 Å². The molecule has 1 atom stereocenters. The lowest BCUT2D eigenvalue weighted by molar-refractivity contribution is -0.129. The highest BCUT2D eigenvalue weighted by Crippen LogP contribution is 2.28. The average molecular weight is 344 g/mol. The predicted molar refractivity (Wildman–Crippen MR) is 97.5 cm³/mol. The Morgan fingerprint density at radius 1 is 1.28 bits per heavy atom. The zero-order valence-electron chi connectivity index (χ0n) is 14.8. The summed E-state index contributed by atoms with van der Waals surface area (Å²) in [5.41, 5.74) is 0. The molecule has 0 unspecified atom stereocenters. The van der Waals surface area contributed by atoms with Crippen molar-refractivity contribution in [3.05, 3.63) is 25.0 Å². The molecule has 1 aromatic heterocycles. The molecule has 1 aliphatic carbocycles. The van der Waals surface area contributed by atoms with Crippen LogP contribution in [-0.2, 0) is 4.79 Å². The molecule has 1 aromatic rings. The number of anilines is 1. The highest BCUT2D eigenvalue weighted by molar-refractivity contribution is 5.82. The fraction of sp³-hybridized carbons (Fsp3) is 0.632.